The number of aliphatic hydroxyl groups is 1. The minimum absolute atomic E-state index is 0.0773. The number of nitrogens with zero attached hydrogens (tertiary/aromatic N) is 1. The molecule has 0 saturated carbocycles. The number of amides is 1. The largest absolute Gasteiger partial charge is 0.472 e. The fourth-order valence-electron chi connectivity index (χ4n) is 5.52. The van der Waals surface area contributed by atoms with Gasteiger partial charge < -0.3 is 19.8 Å². The number of hydrogen-bond acceptors (Lipinski definition) is 5. The van der Waals surface area contributed by atoms with E-state index in [1.165, 1.54) is 109 Å². The molecule has 0 heterocycles. The molecule has 0 spiro atoms. The monoisotopic (exact) mass is 664 g/mol. The molecule has 0 aromatic heterocycles. The predicted octanol–water partition coefficient (Wildman–Crippen LogP) is 9.46. The summed E-state index contributed by atoms with van der Waals surface area (Å²) < 4.78 is 23.4. The smallest absolute Gasteiger partial charge is 0.391 e. The van der Waals surface area contributed by atoms with Crippen LogP contribution < -0.4 is 5.32 Å². The summed E-state index contributed by atoms with van der Waals surface area (Å²) in [4.78, 5) is 22.9. The van der Waals surface area contributed by atoms with E-state index in [9.17, 15) is 19.4 Å². The van der Waals surface area contributed by atoms with Gasteiger partial charge in [0.25, 0.3) is 0 Å². The predicted molar refractivity (Wildman–Crippen MR) is 189 cm³/mol. The molecule has 0 aromatic rings. The average Bonchev–Trinajstić information content (AvgIpc) is 2.97. The van der Waals surface area contributed by atoms with Crippen LogP contribution in [0.5, 0.6) is 0 Å². The lowest BCUT2D eigenvalue weighted by Gasteiger charge is -2.26. The first-order chi connectivity index (χ1) is 21.5. The summed E-state index contributed by atoms with van der Waals surface area (Å²) in [6.45, 7) is 4.82. The quantitative estimate of drug-likeness (QED) is 0.0360. The van der Waals surface area contributed by atoms with E-state index in [0.717, 1.165) is 38.5 Å². The Balaban J connectivity index is 4.23. The zero-order valence-corrected chi connectivity index (χ0v) is 31.3. The van der Waals surface area contributed by atoms with Gasteiger partial charge in [-0.3, -0.25) is 13.8 Å². The van der Waals surface area contributed by atoms with Crippen molar-refractivity contribution in [2.24, 2.45) is 0 Å². The van der Waals surface area contributed by atoms with Crippen molar-refractivity contribution < 1.29 is 32.9 Å². The third kappa shape index (κ3) is 31.8. The summed E-state index contributed by atoms with van der Waals surface area (Å²) in [6.07, 6.45) is 28.6. The molecule has 3 unspecified atom stereocenters. The van der Waals surface area contributed by atoms with Crippen LogP contribution in [0.3, 0.4) is 0 Å². The summed E-state index contributed by atoms with van der Waals surface area (Å²) in [5.74, 6) is -0.148. The van der Waals surface area contributed by atoms with E-state index in [0.29, 0.717) is 23.9 Å². The van der Waals surface area contributed by atoms with Gasteiger partial charge in [0.1, 0.15) is 13.2 Å². The maximum absolute atomic E-state index is 12.7. The molecular formula is C36H76N2O6P+. The lowest BCUT2D eigenvalue weighted by atomic mass is 10.0. The second-order valence-corrected chi connectivity index (χ2v) is 15.8. The minimum atomic E-state index is -4.29. The number of carbonyl (C=O) groups is 1. The molecule has 0 saturated heterocycles. The summed E-state index contributed by atoms with van der Waals surface area (Å²) in [7, 11) is 1.62. The second-order valence-electron chi connectivity index (χ2n) is 14.3. The van der Waals surface area contributed by atoms with E-state index >= 15 is 0 Å². The second kappa shape index (κ2) is 29.6. The van der Waals surface area contributed by atoms with Gasteiger partial charge in [0.05, 0.1) is 39.9 Å². The Morgan fingerprint density at radius 1 is 0.667 bits per heavy atom. The van der Waals surface area contributed by atoms with E-state index in [2.05, 4.69) is 19.2 Å². The first-order valence-corrected chi connectivity index (χ1v) is 20.4. The molecule has 1 amide bonds. The van der Waals surface area contributed by atoms with Crippen molar-refractivity contribution in [3.63, 3.8) is 0 Å². The van der Waals surface area contributed by atoms with E-state index in [-0.39, 0.29) is 19.1 Å². The van der Waals surface area contributed by atoms with E-state index < -0.39 is 20.0 Å². The van der Waals surface area contributed by atoms with Crippen LogP contribution in [0.1, 0.15) is 174 Å². The molecule has 270 valence electrons. The third-order valence-electron chi connectivity index (χ3n) is 8.61. The molecule has 0 aliphatic carbocycles. The van der Waals surface area contributed by atoms with Crippen molar-refractivity contribution >= 4 is 13.7 Å². The van der Waals surface area contributed by atoms with Gasteiger partial charge in [0, 0.05) is 6.42 Å². The molecule has 8 nitrogen and oxygen atoms in total. The van der Waals surface area contributed by atoms with Gasteiger partial charge in [0.2, 0.25) is 5.91 Å². The van der Waals surface area contributed by atoms with Gasteiger partial charge in [-0.05, 0) is 12.8 Å². The number of unbranched alkanes of at least 4 members (excludes halogenated alkanes) is 21. The van der Waals surface area contributed by atoms with E-state index in [1.807, 2.05) is 21.1 Å². The van der Waals surface area contributed by atoms with Gasteiger partial charge in [-0.1, -0.05) is 155 Å². The normalized spacial score (nSPS) is 14.7. The summed E-state index contributed by atoms with van der Waals surface area (Å²) in [6, 6.07) is -0.749. The van der Waals surface area contributed by atoms with Crippen LogP contribution >= 0.6 is 7.82 Å². The molecule has 0 aliphatic rings. The van der Waals surface area contributed by atoms with Crippen LogP contribution in [0.2, 0.25) is 0 Å². The van der Waals surface area contributed by atoms with Crippen LogP contribution in [-0.2, 0) is 18.4 Å². The van der Waals surface area contributed by atoms with Gasteiger partial charge in [-0.2, -0.15) is 0 Å². The number of rotatable bonds is 34. The molecule has 0 rings (SSSR count). The molecule has 3 N–H and O–H groups in total. The van der Waals surface area contributed by atoms with E-state index in [1.54, 1.807) is 0 Å². The molecule has 0 fully saturated rings. The highest BCUT2D eigenvalue weighted by molar-refractivity contribution is 7.47. The number of likely N-dealkylation sites (N-methyl/N-ethyl adjacent to an activating group) is 1. The number of nitrogens with one attached hydrogen (secondary N) is 1. The fourth-order valence-corrected chi connectivity index (χ4v) is 6.25. The van der Waals surface area contributed by atoms with Gasteiger partial charge in [-0.25, -0.2) is 4.57 Å². The van der Waals surface area contributed by atoms with Crippen molar-refractivity contribution in [3.8, 4) is 0 Å². The lowest BCUT2D eigenvalue weighted by Crippen LogP contribution is -2.46. The number of hydrogen-bond donors (Lipinski definition) is 3. The van der Waals surface area contributed by atoms with E-state index in [4.69, 9.17) is 9.05 Å². The van der Waals surface area contributed by atoms with Crippen molar-refractivity contribution in [3.05, 3.63) is 0 Å². The lowest BCUT2D eigenvalue weighted by molar-refractivity contribution is -0.870. The van der Waals surface area contributed by atoms with Crippen LogP contribution in [0.25, 0.3) is 0 Å². The molecule has 0 aliphatic heterocycles. The van der Waals surface area contributed by atoms with Crippen molar-refractivity contribution in [1.82, 2.24) is 5.32 Å². The molecule has 9 heteroatoms. The first-order valence-electron chi connectivity index (χ1n) is 18.9. The topological polar surface area (TPSA) is 105 Å². The number of phosphoric ester groups is 1. The Labute approximate surface area is 279 Å². The Morgan fingerprint density at radius 2 is 1.07 bits per heavy atom. The highest BCUT2D eigenvalue weighted by Crippen LogP contribution is 2.43. The van der Waals surface area contributed by atoms with Gasteiger partial charge in [0.15, 0.2) is 0 Å². The van der Waals surface area contributed by atoms with Crippen molar-refractivity contribution in [2.45, 2.75) is 187 Å². The van der Waals surface area contributed by atoms with Crippen LogP contribution in [-0.4, -0.2) is 73.4 Å². The maximum Gasteiger partial charge on any atom is 0.472 e. The minimum Gasteiger partial charge on any atom is -0.391 e. The number of aliphatic hydroxyl groups excluding tert-OH is 1. The molecule has 45 heavy (non-hydrogen) atoms. The van der Waals surface area contributed by atoms with Crippen molar-refractivity contribution in [1.29, 1.82) is 0 Å². The molecule has 0 aromatic carbocycles. The highest BCUT2D eigenvalue weighted by atomic mass is 31.2. The SMILES string of the molecule is CCCCCCCCCCCCCCCCCCCC(=O)NC(COP(=O)(O)OCC[N+](C)(C)C)C(O)CCCCCCCC. The van der Waals surface area contributed by atoms with Crippen LogP contribution in [0, 0.1) is 0 Å². The van der Waals surface area contributed by atoms with Crippen molar-refractivity contribution in [2.75, 3.05) is 40.9 Å². The maximum atomic E-state index is 12.7. The highest BCUT2D eigenvalue weighted by Gasteiger charge is 2.28. The number of carbonyl (C=O) groups excluding carboxylic acids is 1. The zero-order valence-electron chi connectivity index (χ0n) is 30.4. The molecule has 0 bridgehead atoms. The van der Waals surface area contributed by atoms with Gasteiger partial charge >= 0.3 is 7.82 Å². The zero-order chi connectivity index (χ0) is 33.7. The summed E-state index contributed by atoms with van der Waals surface area (Å²) >= 11 is 0. The Hall–Kier alpha value is -0.500. The molecular weight excluding hydrogens is 587 g/mol. The van der Waals surface area contributed by atoms with Gasteiger partial charge in [-0.15, -0.1) is 0 Å². The third-order valence-corrected chi connectivity index (χ3v) is 9.59. The standard InChI is InChI=1S/C36H75N2O6P/c1-6-8-10-12-14-15-16-17-18-19-20-21-22-23-24-26-28-30-36(40)37-34(35(39)29-27-25-13-11-9-7-2)33-44-45(41,42)43-32-31-38(3,4)5/h34-35,39H,6-33H2,1-5H3,(H-,37,40,41,42)/p+1. The summed E-state index contributed by atoms with van der Waals surface area (Å²) in [5, 5.41) is 13.7. The van der Waals surface area contributed by atoms with Crippen LogP contribution in [0.4, 0.5) is 0 Å². The molecule has 3 atom stereocenters. The number of phosphoric acid groups is 1. The van der Waals surface area contributed by atoms with Crippen LogP contribution in [0.15, 0.2) is 0 Å². The average molecular weight is 664 g/mol. The Kier molecular flexibility index (Phi) is 29.3. The number of quaternary nitrogens is 1. The Morgan fingerprint density at radius 3 is 1.49 bits per heavy atom. The fraction of sp³-hybridized carbons (Fsp3) is 0.972. The summed E-state index contributed by atoms with van der Waals surface area (Å²) in [5.41, 5.74) is 0. The Bertz CT molecular complexity index is 718. The molecule has 0 radical (unpaired) electrons. The first kappa shape index (κ1) is 44.5.